The Balaban J connectivity index is 0.00000363. The van der Waals surface area contributed by atoms with Crippen molar-refractivity contribution in [3.63, 3.8) is 0 Å². The molecule has 32 heavy (non-hydrogen) atoms. The number of halogens is 1. The molecule has 2 aliphatic rings. The smallest absolute Gasteiger partial charge is 0.191 e. The third-order valence-electron chi connectivity index (χ3n) is 6.32. The molecule has 0 bridgehead atoms. The molecule has 0 radical (unpaired) electrons. The van der Waals surface area contributed by atoms with Gasteiger partial charge in [0.2, 0.25) is 0 Å². The zero-order chi connectivity index (χ0) is 21.9. The van der Waals surface area contributed by atoms with Gasteiger partial charge in [-0.15, -0.1) is 24.0 Å². The highest BCUT2D eigenvalue weighted by molar-refractivity contribution is 14.0. The van der Waals surface area contributed by atoms with E-state index in [9.17, 15) is 0 Å². The van der Waals surface area contributed by atoms with E-state index >= 15 is 0 Å². The Morgan fingerprint density at radius 3 is 2.56 bits per heavy atom. The number of ether oxygens (including phenoxy) is 1. The monoisotopic (exact) mass is 557 g/mol. The van der Waals surface area contributed by atoms with Crippen molar-refractivity contribution in [3.8, 4) is 0 Å². The normalized spacial score (nSPS) is 21.0. The van der Waals surface area contributed by atoms with Gasteiger partial charge < -0.3 is 20.3 Å². The third-order valence-corrected chi connectivity index (χ3v) is 6.32. The minimum absolute atomic E-state index is 0. The SMILES string of the molecule is CCNC(=NCC1CCCN1Cc1ccccc1)NC1CCN(CCOC(C)C)CC1.I. The average Bonchev–Trinajstić information content (AvgIpc) is 3.21. The van der Waals surface area contributed by atoms with E-state index in [0.29, 0.717) is 18.2 Å². The first-order valence-electron chi connectivity index (χ1n) is 12.3. The van der Waals surface area contributed by atoms with Crippen LogP contribution in [0.25, 0.3) is 0 Å². The number of likely N-dealkylation sites (tertiary alicyclic amines) is 2. The molecule has 1 aromatic carbocycles. The maximum absolute atomic E-state index is 5.70. The summed E-state index contributed by atoms with van der Waals surface area (Å²) in [5.41, 5.74) is 1.40. The molecular weight excluding hydrogens is 513 g/mol. The van der Waals surface area contributed by atoms with Gasteiger partial charge in [0.05, 0.1) is 19.3 Å². The fourth-order valence-electron chi connectivity index (χ4n) is 4.56. The van der Waals surface area contributed by atoms with Crippen molar-refractivity contribution in [1.29, 1.82) is 0 Å². The second kappa shape index (κ2) is 15.1. The molecule has 2 saturated heterocycles. The van der Waals surface area contributed by atoms with Crippen LogP contribution in [0.3, 0.4) is 0 Å². The lowest BCUT2D eigenvalue weighted by molar-refractivity contribution is 0.0532. The van der Waals surface area contributed by atoms with E-state index in [4.69, 9.17) is 9.73 Å². The quantitative estimate of drug-likeness (QED) is 0.261. The number of hydrogen-bond acceptors (Lipinski definition) is 4. The maximum Gasteiger partial charge on any atom is 0.191 e. The van der Waals surface area contributed by atoms with Gasteiger partial charge >= 0.3 is 0 Å². The predicted octanol–water partition coefficient (Wildman–Crippen LogP) is 3.71. The number of nitrogens with one attached hydrogen (secondary N) is 2. The van der Waals surface area contributed by atoms with Gasteiger partial charge in [-0.2, -0.15) is 0 Å². The first kappa shape index (κ1) is 27.3. The van der Waals surface area contributed by atoms with Crippen LogP contribution in [0.2, 0.25) is 0 Å². The van der Waals surface area contributed by atoms with E-state index in [1.165, 1.54) is 24.9 Å². The zero-order valence-electron chi connectivity index (χ0n) is 20.3. The number of hydrogen-bond donors (Lipinski definition) is 2. The van der Waals surface area contributed by atoms with Crippen LogP contribution < -0.4 is 10.6 Å². The zero-order valence-corrected chi connectivity index (χ0v) is 22.6. The van der Waals surface area contributed by atoms with Gasteiger partial charge in [-0.1, -0.05) is 30.3 Å². The molecule has 2 N–H and O–H groups in total. The van der Waals surface area contributed by atoms with Crippen molar-refractivity contribution in [2.45, 2.75) is 71.2 Å². The highest BCUT2D eigenvalue weighted by atomic mass is 127. The molecule has 0 aliphatic carbocycles. The molecule has 6 nitrogen and oxygen atoms in total. The van der Waals surface area contributed by atoms with Gasteiger partial charge in [0.1, 0.15) is 0 Å². The van der Waals surface area contributed by atoms with Crippen molar-refractivity contribution < 1.29 is 4.74 Å². The lowest BCUT2D eigenvalue weighted by Gasteiger charge is -2.33. The van der Waals surface area contributed by atoms with Crippen molar-refractivity contribution >= 4 is 29.9 Å². The highest BCUT2D eigenvalue weighted by Gasteiger charge is 2.25. The van der Waals surface area contributed by atoms with Crippen LogP contribution in [0.4, 0.5) is 0 Å². The Labute approximate surface area is 212 Å². The van der Waals surface area contributed by atoms with Crippen LogP contribution in [-0.2, 0) is 11.3 Å². The van der Waals surface area contributed by atoms with Crippen LogP contribution in [-0.4, -0.2) is 79.8 Å². The Morgan fingerprint density at radius 2 is 1.88 bits per heavy atom. The van der Waals surface area contributed by atoms with E-state index in [2.05, 4.69) is 71.5 Å². The molecule has 0 amide bonds. The van der Waals surface area contributed by atoms with E-state index in [-0.39, 0.29) is 24.0 Å². The molecule has 182 valence electrons. The standard InChI is InChI=1S/C25H43N5O.HI/c1-4-26-25(28-23-12-15-29(16-13-23)17-18-31-21(2)3)27-19-24-11-8-14-30(24)20-22-9-6-5-7-10-22;/h5-7,9-10,21,23-24H,4,8,11-20H2,1-3H3,(H2,26,27,28);1H. The molecule has 2 heterocycles. The van der Waals surface area contributed by atoms with Crippen LogP contribution in [0.15, 0.2) is 35.3 Å². The van der Waals surface area contributed by atoms with Crippen LogP contribution in [0.1, 0.15) is 52.0 Å². The predicted molar refractivity (Wildman–Crippen MR) is 145 cm³/mol. The van der Waals surface area contributed by atoms with Crippen LogP contribution >= 0.6 is 24.0 Å². The summed E-state index contributed by atoms with van der Waals surface area (Å²) in [6.45, 7) is 14.5. The molecule has 1 unspecified atom stereocenters. The second-order valence-corrected chi connectivity index (χ2v) is 9.15. The number of benzene rings is 1. The summed E-state index contributed by atoms with van der Waals surface area (Å²) in [5, 5.41) is 7.17. The lowest BCUT2D eigenvalue weighted by Crippen LogP contribution is -2.49. The van der Waals surface area contributed by atoms with Crippen LogP contribution in [0, 0.1) is 0 Å². The van der Waals surface area contributed by atoms with Gasteiger partial charge in [0, 0.05) is 44.8 Å². The molecule has 2 fully saturated rings. The molecule has 1 aromatic rings. The number of piperidine rings is 1. The first-order chi connectivity index (χ1) is 15.1. The molecule has 0 aromatic heterocycles. The minimum atomic E-state index is 0. The topological polar surface area (TPSA) is 52.1 Å². The summed E-state index contributed by atoms with van der Waals surface area (Å²) in [7, 11) is 0. The first-order valence-corrected chi connectivity index (χ1v) is 12.3. The molecule has 0 saturated carbocycles. The average molecular weight is 558 g/mol. The number of nitrogens with zero attached hydrogens (tertiary/aromatic N) is 3. The summed E-state index contributed by atoms with van der Waals surface area (Å²) >= 11 is 0. The van der Waals surface area contributed by atoms with E-state index in [1.807, 2.05) is 0 Å². The Bertz CT molecular complexity index is 649. The van der Waals surface area contributed by atoms with Gasteiger partial charge in [-0.3, -0.25) is 9.89 Å². The van der Waals surface area contributed by atoms with Crippen LogP contribution in [0.5, 0.6) is 0 Å². The Morgan fingerprint density at radius 1 is 1.12 bits per heavy atom. The molecule has 1 atom stereocenters. The molecule has 0 spiro atoms. The lowest BCUT2D eigenvalue weighted by atomic mass is 10.1. The van der Waals surface area contributed by atoms with Gasteiger partial charge in [0.15, 0.2) is 5.96 Å². The van der Waals surface area contributed by atoms with E-state index in [0.717, 1.165) is 64.7 Å². The highest BCUT2D eigenvalue weighted by Crippen LogP contribution is 2.20. The fraction of sp³-hybridized carbons (Fsp3) is 0.720. The fourth-order valence-corrected chi connectivity index (χ4v) is 4.56. The van der Waals surface area contributed by atoms with Gasteiger partial charge in [-0.05, 0) is 58.6 Å². The summed E-state index contributed by atoms with van der Waals surface area (Å²) < 4.78 is 5.70. The number of aliphatic imine (C=N–C) groups is 1. The summed E-state index contributed by atoms with van der Waals surface area (Å²) in [6, 6.07) is 11.9. The Hall–Kier alpha value is -0.900. The van der Waals surface area contributed by atoms with Crippen molar-refractivity contribution in [3.05, 3.63) is 35.9 Å². The maximum atomic E-state index is 5.70. The van der Waals surface area contributed by atoms with Gasteiger partial charge in [-0.25, -0.2) is 0 Å². The van der Waals surface area contributed by atoms with Gasteiger partial charge in [0.25, 0.3) is 0 Å². The van der Waals surface area contributed by atoms with E-state index in [1.54, 1.807) is 0 Å². The molecule has 3 rings (SSSR count). The Kier molecular flexibility index (Phi) is 12.9. The minimum Gasteiger partial charge on any atom is -0.377 e. The largest absolute Gasteiger partial charge is 0.377 e. The third kappa shape index (κ3) is 9.53. The van der Waals surface area contributed by atoms with Crippen molar-refractivity contribution in [2.24, 2.45) is 4.99 Å². The number of rotatable bonds is 10. The van der Waals surface area contributed by atoms with E-state index < -0.39 is 0 Å². The summed E-state index contributed by atoms with van der Waals surface area (Å²) in [6.07, 6.45) is 5.16. The molecule has 2 aliphatic heterocycles. The number of guanidine groups is 1. The summed E-state index contributed by atoms with van der Waals surface area (Å²) in [4.78, 5) is 10.1. The van der Waals surface area contributed by atoms with Crippen molar-refractivity contribution in [2.75, 3.05) is 45.9 Å². The molecular formula is C25H44IN5O. The second-order valence-electron chi connectivity index (χ2n) is 9.15. The van der Waals surface area contributed by atoms with Crippen molar-refractivity contribution in [1.82, 2.24) is 20.4 Å². The molecule has 7 heteroatoms. The summed E-state index contributed by atoms with van der Waals surface area (Å²) in [5.74, 6) is 0.982.